The monoisotopic (exact) mass is 346 g/mol. The van der Waals surface area contributed by atoms with E-state index in [9.17, 15) is 9.59 Å². The van der Waals surface area contributed by atoms with Gasteiger partial charge in [-0.25, -0.2) is 0 Å². The van der Waals surface area contributed by atoms with Gasteiger partial charge in [-0.1, -0.05) is 41.9 Å². The zero-order valence-corrected chi connectivity index (χ0v) is 14.1. The highest BCUT2D eigenvalue weighted by molar-refractivity contribution is 6.31. The summed E-state index contributed by atoms with van der Waals surface area (Å²) in [6, 6.07) is 14.3. The van der Waals surface area contributed by atoms with E-state index in [1.165, 1.54) is 0 Å². The highest BCUT2D eigenvalue weighted by atomic mass is 35.5. The maximum Gasteiger partial charge on any atom is 0.233 e. The van der Waals surface area contributed by atoms with E-state index in [1.807, 2.05) is 31.2 Å². The lowest BCUT2D eigenvalue weighted by atomic mass is 10.2. The highest BCUT2D eigenvalue weighted by Crippen LogP contribution is 2.23. The zero-order chi connectivity index (χ0) is 17.4. The van der Waals surface area contributed by atoms with Crippen molar-refractivity contribution in [3.63, 3.8) is 0 Å². The van der Waals surface area contributed by atoms with E-state index in [2.05, 4.69) is 10.6 Å². The lowest BCUT2D eigenvalue weighted by Crippen LogP contribution is -2.28. The standard InChI is InChI=1S/C18H19ClN2O3/c1-2-24-16-10-6-5-9-15(16)21-18(23)11-17(22)20-12-13-7-3-4-8-14(13)19/h3-10H,2,11-12H2,1H3,(H,20,22)(H,21,23). The number of para-hydroxylation sites is 2. The van der Waals surface area contributed by atoms with Crippen molar-refractivity contribution < 1.29 is 14.3 Å². The molecule has 0 bridgehead atoms. The fourth-order valence-electron chi connectivity index (χ4n) is 2.09. The van der Waals surface area contributed by atoms with Crippen molar-refractivity contribution in [3.8, 4) is 5.75 Å². The van der Waals surface area contributed by atoms with E-state index in [1.54, 1.807) is 24.3 Å². The second kappa shape index (κ2) is 8.93. The molecular formula is C18H19ClN2O3. The molecule has 0 saturated heterocycles. The predicted octanol–water partition coefficient (Wildman–Crippen LogP) is 3.38. The van der Waals surface area contributed by atoms with Crippen LogP contribution in [0, 0.1) is 0 Å². The molecule has 2 N–H and O–H groups in total. The van der Waals surface area contributed by atoms with Crippen LogP contribution in [0.5, 0.6) is 5.75 Å². The molecule has 24 heavy (non-hydrogen) atoms. The third-order valence-electron chi connectivity index (χ3n) is 3.22. The Morgan fingerprint density at radius 1 is 1.04 bits per heavy atom. The Labute approximate surface area is 146 Å². The molecule has 2 rings (SSSR count). The van der Waals surface area contributed by atoms with Crippen molar-refractivity contribution >= 4 is 29.1 Å². The van der Waals surface area contributed by atoms with Crippen LogP contribution in [0.25, 0.3) is 0 Å². The van der Waals surface area contributed by atoms with Gasteiger partial charge in [0.2, 0.25) is 11.8 Å². The summed E-state index contributed by atoms with van der Waals surface area (Å²) in [5, 5.41) is 5.94. The molecule has 126 valence electrons. The number of carbonyl (C=O) groups is 2. The highest BCUT2D eigenvalue weighted by Gasteiger charge is 2.12. The molecule has 0 heterocycles. The molecule has 0 aliphatic heterocycles. The zero-order valence-electron chi connectivity index (χ0n) is 13.3. The maximum absolute atomic E-state index is 12.0. The van der Waals surface area contributed by atoms with E-state index in [0.717, 1.165) is 5.56 Å². The van der Waals surface area contributed by atoms with Gasteiger partial charge >= 0.3 is 0 Å². The first-order chi connectivity index (χ1) is 11.6. The third kappa shape index (κ3) is 5.28. The van der Waals surface area contributed by atoms with Gasteiger partial charge in [0.15, 0.2) is 0 Å². The molecule has 0 aliphatic carbocycles. The van der Waals surface area contributed by atoms with Crippen LogP contribution in [0.2, 0.25) is 5.02 Å². The minimum atomic E-state index is -0.404. The average molecular weight is 347 g/mol. The molecule has 0 aliphatic rings. The normalized spacial score (nSPS) is 10.1. The van der Waals surface area contributed by atoms with Gasteiger partial charge in [-0.05, 0) is 30.7 Å². The molecule has 2 aromatic carbocycles. The summed E-state index contributed by atoms with van der Waals surface area (Å²) in [6.45, 7) is 2.63. The lowest BCUT2D eigenvalue weighted by molar-refractivity contribution is -0.126. The Kier molecular flexibility index (Phi) is 6.63. The summed E-state index contributed by atoms with van der Waals surface area (Å²) in [5.74, 6) is -0.204. The second-order valence-electron chi connectivity index (χ2n) is 5.02. The topological polar surface area (TPSA) is 67.4 Å². The number of amides is 2. The van der Waals surface area contributed by atoms with Crippen molar-refractivity contribution in [2.75, 3.05) is 11.9 Å². The smallest absolute Gasteiger partial charge is 0.233 e. The molecule has 2 aromatic rings. The van der Waals surface area contributed by atoms with Crippen LogP contribution in [0.4, 0.5) is 5.69 Å². The SMILES string of the molecule is CCOc1ccccc1NC(=O)CC(=O)NCc1ccccc1Cl. The number of hydrogen-bond acceptors (Lipinski definition) is 3. The van der Waals surface area contributed by atoms with Crippen molar-refractivity contribution in [1.29, 1.82) is 0 Å². The fraction of sp³-hybridized carbons (Fsp3) is 0.222. The number of carbonyl (C=O) groups excluding carboxylic acids is 2. The summed E-state index contributed by atoms with van der Waals surface area (Å²) in [4.78, 5) is 23.9. The average Bonchev–Trinajstić information content (AvgIpc) is 2.56. The van der Waals surface area contributed by atoms with Crippen LogP contribution in [-0.2, 0) is 16.1 Å². The van der Waals surface area contributed by atoms with E-state index < -0.39 is 5.91 Å². The van der Waals surface area contributed by atoms with Crippen molar-refractivity contribution in [2.45, 2.75) is 19.9 Å². The molecule has 2 amide bonds. The number of rotatable bonds is 7. The third-order valence-corrected chi connectivity index (χ3v) is 3.58. The molecule has 0 saturated carbocycles. The first kappa shape index (κ1) is 17.8. The number of hydrogen-bond donors (Lipinski definition) is 2. The number of benzene rings is 2. The number of anilines is 1. The van der Waals surface area contributed by atoms with Gasteiger partial charge in [-0.15, -0.1) is 0 Å². The van der Waals surface area contributed by atoms with E-state index in [0.29, 0.717) is 23.1 Å². The minimum absolute atomic E-state index is 0.273. The van der Waals surface area contributed by atoms with Crippen LogP contribution in [-0.4, -0.2) is 18.4 Å². The van der Waals surface area contributed by atoms with E-state index in [4.69, 9.17) is 16.3 Å². The van der Waals surface area contributed by atoms with Gasteiger partial charge in [0, 0.05) is 11.6 Å². The molecule has 0 aromatic heterocycles. The molecule has 0 fully saturated rings. The van der Waals surface area contributed by atoms with Crippen LogP contribution < -0.4 is 15.4 Å². The van der Waals surface area contributed by atoms with Gasteiger partial charge in [-0.3, -0.25) is 9.59 Å². The molecule has 0 radical (unpaired) electrons. The summed E-state index contributed by atoms with van der Waals surface area (Å²) >= 11 is 6.02. The molecule has 0 spiro atoms. The number of ether oxygens (including phenoxy) is 1. The van der Waals surface area contributed by atoms with Gasteiger partial charge in [-0.2, -0.15) is 0 Å². The van der Waals surface area contributed by atoms with Crippen molar-refractivity contribution in [3.05, 3.63) is 59.1 Å². The van der Waals surface area contributed by atoms with E-state index >= 15 is 0 Å². The minimum Gasteiger partial charge on any atom is -0.492 e. The molecular weight excluding hydrogens is 328 g/mol. The first-order valence-corrected chi connectivity index (χ1v) is 7.99. The molecule has 6 heteroatoms. The number of halogens is 1. The van der Waals surface area contributed by atoms with Gasteiger partial charge < -0.3 is 15.4 Å². The van der Waals surface area contributed by atoms with Gasteiger partial charge in [0.25, 0.3) is 0 Å². The summed E-state index contributed by atoms with van der Waals surface area (Å²) < 4.78 is 5.43. The molecule has 5 nitrogen and oxygen atoms in total. The van der Waals surface area contributed by atoms with Crippen molar-refractivity contribution in [2.24, 2.45) is 0 Å². The first-order valence-electron chi connectivity index (χ1n) is 7.62. The van der Waals surface area contributed by atoms with E-state index in [-0.39, 0.29) is 18.9 Å². The molecule has 0 unspecified atom stereocenters. The number of nitrogens with one attached hydrogen (secondary N) is 2. The van der Waals surface area contributed by atoms with Crippen LogP contribution in [0.3, 0.4) is 0 Å². The molecule has 0 atom stereocenters. The van der Waals surface area contributed by atoms with Crippen LogP contribution in [0.15, 0.2) is 48.5 Å². The summed E-state index contributed by atoms with van der Waals surface area (Å²) in [6.07, 6.45) is -0.273. The Bertz CT molecular complexity index is 719. The Hall–Kier alpha value is -2.53. The summed E-state index contributed by atoms with van der Waals surface area (Å²) in [7, 11) is 0. The second-order valence-corrected chi connectivity index (χ2v) is 5.43. The fourth-order valence-corrected chi connectivity index (χ4v) is 2.29. The Balaban J connectivity index is 1.86. The van der Waals surface area contributed by atoms with Gasteiger partial charge in [0.05, 0.1) is 12.3 Å². The summed E-state index contributed by atoms with van der Waals surface area (Å²) in [5.41, 5.74) is 1.35. The Morgan fingerprint density at radius 2 is 1.75 bits per heavy atom. The van der Waals surface area contributed by atoms with Gasteiger partial charge in [0.1, 0.15) is 12.2 Å². The van der Waals surface area contributed by atoms with Crippen LogP contribution >= 0.6 is 11.6 Å². The maximum atomic E-state index is 12.0. The predicted molar refractivity (Wildman–Crippen MR) is 94.2 cm³/mol. The van der Waals surface area contributed by atoms with Crippen LogP contribution in [0.1, 0.15) is 18.9 Å². The lowest BCUT2D eigenvalue weighted by Gasteiger charge is -2.11. The largest absolute Gasteiger partial charge is 0.492 e. The Morgan fingerprint density at radius 3 is 2.50 bits per heavy atom. The quantitative estimate of drug-likeness (QED) is 0.755. The van der Waals surface area contributed by atoms with Crippen molar-refractivity contribution in [1.82, 2.24) is 5.32 Å².